The number of para-hydroxylation sites is 1. The van der Waals surface area contributed by atoms with Crippen LogP contribution in [-0.4, -0.2) is 15.0 Å². The molecule has 1 aromatic heterocycles. The third-order valence-electron chi connectivity index (χ3n) is 12.1. The zero-order chi connectivity index (χ0) is 42.9. The van der Waals surface area contributed by atoms with Crippen LogP contribution in [0.1, 0.15) is 27.8 Å². The Morgan fingerprint density at radius 2 is 0.797 bits per heavy atom. The topological polar surface area (TPSA) is 71.7 Å². The molecule has 0 N–H and O–H groups in total. The molecule has 2 heterocycles. The molecule has 11 rings (SSSR count). The Balaban J connectivity index is 1.02. The van der Waals surface area contributed by atoms with Crippen LogP contribution in [0.5, 0.6) is 11.5 Å². The minimum absolute atomic E-state index is 0.584. The van der Waals surface area contributed by atoms with Gasteiger partial charge in [-0.15, -0.1) is 0 Å². The summed E-state index contributed by atoms with van der Waals surface area (Å²) in [5.74, 6) is 3.45. The number of aromatic nitrogens is 3. The van der Waals surface area contributed by atoms with Crippen LogP contribution >= 0.6 is 0 Å². The van der Waals surface area contributed by atoms with Gasteiger partial charge in [-0.05, 0) is 80.9 Å². The predicted molar refractivity (Wildman–Crippen MR) is 256 cm³/mol. The Morgan fingerprint density at radius 1 is 0.359 bits per heavy atom. The van der Waals surface area contributed by atoms with Crippen molar-refractivity contribution < 1.29 is 4.74 Å². The van der Waals surface area contributed by atoms with Crippen molar-refractivity contribution in [3.63, 3.8) is 0 Å². The Bertz CT molecular complexity index is 3300. The highest BCUT2D eigenvalue weighted by Crippen LogP contribution is 2.57. The molecule has 0 spiro atoms. The quantitative estimate of drug-likeness (QED) is 0.153. The van der Waals surface area contributed by atoms with Crippen LogP contribution in [0.15, 0.2) is 231 Å². The molecule has 0 fully saturated rings. The van der Waals surface area contributed by atoms with E-state index in [2.05, 4.69) is 164 Å². The van der Waals surface area contributed by atoms with Gasteiger partial charge < -0.3 is 4.74 Å². The van der Waals surface area contributed by atoms with Gasteiger partial charge in [0.1, 0.15) is 11.5 Å². The smallest absolute Gasteiger partial charge is 0.164 e. The third kappa shape index (κ3) is 6.81. The maximum absolute atomic E-state index is 9.27. The second kappa shape index (κ2) is 16.3. The van der Waals surface area contributed by atoms with Gasteiger partial charge >= 0.3 is 0 Å². The van der Waals surface area contributed by atoms with E-state index in [0.29, 0.717) is 23.0 Å². The number of nitrogens with zero attached hydrogens (tertiary/aromatic N) is 4. The molecule has 0 aliphatic carbocycles. The first-order valence-corrected chi connectivity index (χ1v) is 21.3. The van der Waals surface area contributed by atoms with E-state index in [4.69, 9.17) is 19.7 Å². The minimum Gasteiger partial charge on any atom is -0.457 e. The molecule has 0 radical (unpaired) electrons. The standard InChI is InChI=1S/C59H38N4O/c60-39-40-29-31-41(32-30-40)42-33-35-44(36-34-42)57-61-56(43-15-4-1-5-16-43)62-58(63-57)48-20-13-18-46(38-48)45-17-12-19-47(37-45)51-25-14-28-54-55(51)59(49-21-6-2-7-22-49,50-23-8-3-9-24-50)52-26-10-11-27-53(52)64-54/h1-38H. The second-order valence-electron chi connectivity index (χ2n) is 15.9. The molecule has 0 bridgehead atoms. The van der Waals surface area contributed by atoms with Gasteiger partial charge in [0.2, 0.25) is 0 Å². The van der Waals surface area contributed by atoms with Gasteiger partial charge in [-0.3, -0.25) is 0 Å². The largest absolute Gasteiger partial charge is 0.457 e. The van der Waals surface area contributed by atoms with Gasteiger partial charge in [-0.25, -0.2) is 15.0 Å². The number of hydrogen-bond acceptors (Lipinski definition) is 5. The maximum atomic E-state index is 9.27. The van der Waals surface area contributed by atoms with Gasteiger partial charge in [0.25, 0.3) is 0 Å². The zero-order valence-electron chi connectivity index (χ0n) is 34.6. The fourth-order valence-electron chi connectivity index (χ4n) is 9.11. The van der Waals surface area contributed by atoms with E-state index >= 15 is 0 Å². The van der Waals surface area contributed by atoms with Crippen LogP contribution in [0, 0.1) is 11.3 Å². The third-order valence-corrected chi connectivity index (χ3v) is 12.1. The molecule has 0 amide bonds. The molecule has 0 atom stereocenters. The van der Waals surface area contributed by atoms with Crippen molar-refractivity contribution in [2.24, 2.45) is 0 Å². The van der Waals surface area contributed by atoms with E-state index in [0.717, 1.165) is 72.7 Å². The molecular weight excluding hydrogens is 781 g/mol. The lowest BCUT2D eigenvalue weighted by atomic mass is 9.62. The summed E-state index contributed by atoms with van der Waals surface area (Å²) in [7, 11) is 0. The van der Waals surface area contributed by atoms with E-state index in [1.807, 2.05) is 72.8 Å². The van der Waals surface area contributed by atoms with Crippen LogP contribution in [0.4, 0.5) is 0 Å². The van der Waals surface area contributed by atoms with Crippen molar-refractivity contribution >= 4 is 0 Å². The SMILES string of the molecule is N#Cc1ccc(-c2ccc(-c3nc(-c4ccccc4)nc(-c4cccc(-c5cccc(-c6cccc7c6C(c6ccccc6)(c6ccccc6)c6ccccc6O7)c5)c4)n3)cc2)cc1. The number of ether oxygens (including phenoxy) is 1. The van der Waals surface area contributed by atoms with E-state index in [-0.39, 0.29) is 0 Å². The summed E-state index contributed by atoms with van der Waals surface area (Å²) in [6.45, 7) is 0. The van der Waals surface area contributed by atoms with Crippen molar-refractivity contribution in [2.45, 2.75) is 5.41 Å². The second-order valence-corrected chi connectivity index (χ2v) is 15.9. The van der Waals surface area contributed by atoms with Gasteiger partial charge in [-0.2, -0.15) is 5.26 Å². The van der Waals surface area contributed by atoms with Crippen molar-refractivity contribution in [2.75, 3.05) is 0 Å². The van der Waals surface area contributed by atoms with E-state index in [1.165, 1.54) is 11.1 Å². The Labute approximate surface area is 372 Å². The van der Waals surface area contributed by atoms with Crippen LogP contribution in [-0.2, 0) is 5.41 Å². The molecule has 0 unspecified atom stereocenters. The number of hydrogen-bond donors (Lipinski definition) is 0. The fourth-order valence-corrected chi connectivity index (χ4v) is 9.11. The lowest BCUT2D eigenvalue weighted by Crippen LogP contribution is -2.34. The molecule has 1 aliphatic heterocycles. The monoisotopic (exact) mass is 818 g/mol. The van der Waals surface area contributed by atoms with E-state index < -0.39 is 5.41 Å². The summed E-state index contributed by atoms with van der Waals surface area (Å²) in [6.07, 6.45) is 0. The summed E-state index contributed by atoms with van der Waals surface area (Å²) in [4.78, 5) is 15.1. The van der Waals surface area contributed by atoms with Crippen molar-refractivity contribution in [3.8, 4) is 85.1 Å². The molecule has 9 aromatic carbocycles. The van der Waals surface area contributed by atoms with Crippen molar-refractivity contribution in [3.05, 3.63) is 258 Å². The maximum Gasteiger partial charge on any atom is 0.164 e. The molecular formula is C59H38N4O. The van der Waals surface area contributed by atoms with Gasteiger partial charge in [0.05, 0.1) is 17.0 Å². The predicted octanol–water partition coefficient (Wildman–Crippen LogP) is 14.2. The summed E-state index contributed by atoms with van der Waals surface area (Å²) in [6, 6.07) is 81.7. The molecule has 0 saturated heterocycles. The van der Waals surface area contributed by atoms with Crippen LogP contribution in [0.25, 0.3) is 67.5 Å². The highest BCUT2D eigenvalue weighted by atomic mass is 16.5. The van der Waals surface area contributed by atoms with E-state index in [9.17, 15) is 5.26 Å². The average Bonchev–Trinajstić information content (AvgIpc) is 3.38. The van der Waals surface area contributed by atoms with Crippen LogP contribution < -0.4 is 4.74 Å². The summed E-state index contributed by atoms with van der Waals surface area (Å²) < 4.78 is 6.81. The van der Waals surface area contributed by atoms with Crippen LogP contribution in [0.3, 0.4) is 0 Å². The lowest BCUT2D eigenvalue weighted by Gasteiger charge is -2.42. The van der Waals surface area contributed by atoms with E-state index in [1.54, 1.807) is 0 Å². The van der Waals surface area contributed by atoms with Gasteiger partial charge in [0, 0.05) is 27.8 Å². The number of rotatable bonds is 8. The first-order chi connectivity index (χ1) is 31.7. The number of nitriles is 1. The first-order valence-electron chi connectivity index (χ1n) is 21.3. The number of fused-ring (bicyclic) bond motifs is 2. The first kappa shape index (κ1) is 38.2. The minimum atomic E-state index is -0.657. The highest BCUT2D eigenvalue weighted by Gasteiger charge is 2.46. The summed E-state index contributed by atoms with van der Waals surface area (Å²) in [5, 5.41) is 9.27. The summed E-state index contributed by atoms with van der Waals surface area (Å²) in [5.41, 5.74) is 13.5. The molecule has 64 heavy (non-hydrogen) atoms. The number of benzene rings is 9. The molecule has 10 aromatic rings. The van der Waals surface area contributed by atoms with Crippen molar-refractivity contribution in [1.82, 2.24) is 15.0 Å². The Hall–Kier alpha value is -8.72. The van der Waals surface area contributed by atoms with Gasteiger partial charge in [0.15, 0.2) is 17.5 Å². The highest BCUT2D eigenvalue weighted by molar-refractivity contribution is 5.83. The molecule has 0 saturated carbocycles. The Kier molecular flexibility index (Phi) is 9.72. The van der Waals surface area contributed by atoms with Gasteiger partial charge in [-0.1, -0.05) is 194 Å². The molecule has 1 aliphatic rings. The average molecular weight is 819 g/mol. The van der Waals surface area contributed by atoms with Crippen LogP contribution in [0.2, 0.25) is 0 Å². The normalized spacial score (nSPS) is 12.3. The fraction of sp³-hybridized carbons (Fsp3) is 0.0169. The Morgan fingerprint density at radius 3 is 1.42 bits per heavy atom. The molecule has 5 heteroatoms. The zero-order valence-corrected chi connectivity index (χ0v) is 34.6. The lowest BCUT2D eigenvalue weighted by molar-refractivity contribution is 0.435. The van der Waals surface area contributed by atoms with Crippen molar-refractivity contribution in [1.29, 1.82) is 5.26 Å². The molecule has 300 valence electrons. The molecule has 5 nitrogen and oxygen atoms in total. The summed E-state index contributed by atoms with van der Waals surface area (Å²) >= 11 is 0.